The molecule has 0 fully saturated rings. The molecule has 5 heteroatoms. The van der Waals surface area contributed by atoms with Gasteiger partial charge < -0.3 is 9.73 Å². The Bertz CT molecular complexity index is 525. The molecule has 3 nitrogen and oxygen atoms in total. The van der Waals surface area contributed by atoms with Gasteiger partial charge in [-0.1, -0.05) is 46.3 Å². The number of nitrogens with one attached hydrogen (secondary N) is 1. The summed E-state index contributed by atoms with van der Waals surface area (Å²) in [5.74, 6) is -0.156. The Balaban J connectivity index is 1.93. The fourth-order valence-electron chi connectivity index (χ4n) is 1.51. The van der Waals surface area contributed by atoms with E-state index in [0.717, 1.165) is 5.56 Å². The maximum absolute atomic E-state index is 11.8. The molecule has 0 aliphatic carbocycles. The molecule has 0 aliphatic rings. The quantitative estimate of drug-likeness (QED) is 0.826. The maximum Gasteiger partial charge on any atom is 0.255 e. The number of amides is 1. The van der Waals surface area contributed by atoms with Crippen LogP contribution in [-0.2, 0) is 0 Å². The van der Waals surface area contributed by atoms with Gasteiger partial charge in [-0.15, -0.1) is 0 Å². The predicted octanol–water partition coefficient (Wildman–Crippen LogP) is 3.91. The van der Waals surface area contributed by atoms with Gasteiger partial charge in [0.05, 0.1) is 16.7 Å². The zero-order chi connectivity index (χ0) is 13.0. The zero-order valence-electron chi connectivity index (χ0n) is 9.40. The van der Waals surface area contributed by atoms with Crippen LogP contribution in [-0.4, -0.2) is 12.5 Å². The van der Waals surface area contributed by atoms with Crippen LogP contribution in [0, 0.1) is 0 Å². The van der Waals surface area contributed by atoms with E-state index in [0.29, 0.717) is 16.8 Å². The third kappa shape index (κ3) is 3.23. The second-order valence-corrected chi connectivity index (χ2v) is 5.52. The van der Waals surface area contributed by atoms with Crippen LogP contribution in [0.1, 0.15) is 20.7 Å². The van der Waals surface area contributed by atoms with Crippen molar-refractivity contribution in [2.45, 2.75) is 4.83 Å². The van der Waals surface area contributed by atoms with E-state index in [1.54, 1.807) is 6.07 Å². The summed E-state index contributed by atoms with van der Waals surface area (Å²) in [5.41, 5.74) is 1.63. The smallest absolute Gasteiger partial charge is 0.255 e. The van der Waals surface area contributed by atoms with E-state index >= 15 is 0 Å². The minimum atomic E-state index is -0.156. The normalized spacial score (nSPS) is 12.1. The summed E-state index contributed by atoms with van der Waals surface area (Å²) in [5, 5.41) is 2.85. The first kappa shape index (κ1) is 13.4. The van der Waals surface area contributed by atoms with Crippen molar-refractivity contribution in [2.75, 3.05) is 6.54 Å². The average Bonchev–Trinajstić information content (AvgIpc) is 2.83. The van der Waals surface area contributed by atoms with E-state index in [1.165, 1.54) is 6.26 Å². The second-order valence-electron chi connectivity index (χ2n) is 3.70. The van der Waals surface area contributed by atoms with Crippen molar-refractivity contribution in [3.63, 3.8) is 0 Å². The van der Waals surface area contributed by atoms with Crippen LogP contribution in [0.5, 0.6) is 0 Å². The molecule has 2 aromatic rings. The van der Waals surface area contributed by atoms with Crippen molar-refractivity contribution < 1.29 is 9.21 Å². The van der Waals surface area contributed by atoms with E-state index in [4.69, 9.17) is 4.42 Å². The first-order valence-electron chi connectivity index (χ1n) is 5.38. The summed E-state index contributed by atoms with van der Waals surface area (Å²) in [7, 11) is 0. The number of alkyl halides is 1. The largest absolute Gasteiger partial charge is 0.457 e. The molecule has 1 unspecified atom stereocenters. The molecule has 2 rings (SSSR count). The molecule has 94 valence electrons. The van der Waals surface area contributed by atoms with Gasteiger partial charge >= 0.3 is 0 Å². The van der Waals surface area contributed by atoms with E-state index in [1.807, 2.05) is 30.3 Å². The number of rotatable bonds is 4. The van der Waals surface area contributed by atoms with Crippen LogP contribution < -0.4 is 5.32 Å². The van der Waals surface area contributed by atoms with Gasteiger partial charge in [0.2, 0.25) is 0 Å². The first-order valence-corrected chi connectivity index (χ1v) is 7.09. The van der Waals surface area contributed by atoms with Crippen molar-refractivity contribution in [1.29, 1.82) is 0 Å². The Labute approximate surface area is 122 Å². The molecule has 1 atom stereocenters. The molecule has 0 saturated carbocycles. The van der Waals surface area contributed by atoms with E-state index in [9.17, 15) is 4.79 Å². The number of carbonyl (C=O) groups excluding carboxylic acids is 1. The highest BCUT2D eigenvalue weighted by molar-refractivity contribution is 9.10. The fraction of sp³-hybridized carbons (Fsp3) is 0.154. The summed E-state index contributed by atoms with van der Waals surface area (Å²) >= 11 is 6.73. The third-order valence-electron chi connectivity index (χ3n) is 2.47. The van der Waals surface area contributed by atoms with Crippen LogP contribution in [0.2, 0.25) is 0 Å². The Morgan fingerprint density at radius 1 is 1.28 bits per heavy atom. The van der Waals surface area contributed by atoms with E-state index in [2.05, 4.69) is 37.2 Å². The highest BCUT2D eigenvalue weighted by Gasteiger charge is 2.14. The average molecular weight is 373 g/mol. The summed E-state index contributed by atoms with van der Waals surface area (Å²) in [4.78, 5) is 11.9. The minimum absolute atomic E-state index is 0.0910. The molecule has 18 heavy (non-hydrogen) atoms. The summed E-state index contributed by atoms with van der Waals surface area (Å²) in [6.07, 6.45) is 1.47. The number of hydrogen-bond acceptors (Lipinski definition) is 2. The third-order valence-corrected chi connectivity index (χ3v) is 3.93. The van der Waals surface area contributed by atoms with Gasteiger partial charge in [0.1, 0.15) is 0 Å². The lowest BCUT2D eigenvalue weighted by atomic mass is 10.1. The summed E-state index contributed by atoms with van der Waals surface area (Å²) in [6.45, 7) is 0.514. The highest BCUT2D eigenvalue weighted by atomic mass is 79.9. The van der Waals surface area contributed by atoms with E-state index in [-0.39, 0.29) is 10.7 Å². The van der Waals surface area contributed by atoms with Crippen molar-refractivity contribution in [2.24, 2.45) is 0 Å². The van der Waals surface area contributed by atoms with Gasteiger partial charge in [0.25, 0.3) is 5.91 Å². The number of furan rings is 1. The number of halogens is 2. The number of benzene rings is 1. The van der Waals surface area contributed by atoms with Crippen LogP contribution in [0.25, 0.3) is 0 Å². The lowest BCUT2D eigenvalue weighted by Crippen LogP contribution is -2.26. The van der Waals surface area contributed by atoms with Gasteiger partial charge in [-0.3, -0.25) is 4.79 Å². The van der Waals surface area contributed by atoms with Gasteiger partial charge in [0, 0.05) is 6.54 Å². The highest BCUT2D eigenvalue weighted by Crippen LogP contribution is 2.22. The van der Waals surface area contributed by atoms with Crippen LogP contribution in [0.4, 0.5) is 0 Å². The van der Waals surface area contributed by atoms with Crippen LogP contribution in [0.3, 0.4) is 0 Å². The molecule has 0 spiro atoms. The molecule has 1 aromatic heterocycles. The molecule has 1 heterocycles. The molecule has 0 bridgehead atoms. The minimum Gasteiger partial charge on any atom is -0.457 e. The Hall–Kier alpha value is -1.07. The van der Waals surface area contributed by atoms with Crippen molar-refractivity contribution >= 4 is 37.8 Å². The topological polar surface area (TPSA) is 42.2 Å². The summed E-state index contributed by atoms with van der Waals surface area (Å²) in [6, 6.07) is 11.6. The Morgan fingerprint density at radius 2 is 2.00 bits per heavy atom. The van der Waals surface area contributed by atoms with Crippen LogP contribution >= 0.6 is 31.9 Å². The molecule has 0 radical (unpaired) electrons. The fourth-order valence-corrected chi connectivity index (χ4v) is 2.40. The van der Waals surface area contributed by atoms with Gasteiger partial charge in [0.15, 0.2) is 4.67 Å². The molecular formula is C13H11Br2NO2. The van der Waals surface area contributed by atoms with Gasteiger partial charge in [-0.05, 0) is 27.6 Å². The second kappa shape index (κ2) is 6.20. The molecule has 1 N–H and O–H groups in total. The molecule has 0 aliphatic heterocycles. The van der Waals surface area contributed by atoms with Gasteiger partial charge in [-0.2, -0.15) is 0 Å². The van der Waals surface area contributed by atoms with Gasteiger partial charge in [-0.25, -0.2) is 0 Å². The first-order chi connectivity index (χ1) is 8.68. The Kier molecular flexibility index (Phi) is 4.60. The number of hydrogen-bond donors (Lipinski definition) is 1. The van der Waals surface area contributed by atoms with Crippen molar-refractivity contribution in [3.05, 3.63) is 58.5 Å². The predicted molar refractivity (Wildman–Crippen MR) is 76.9 cm³/mol. The SMILES string of the molecule is O=C(NCC(Br)c1ccccc1)c1ccoc1Br. The Morgan fingerprint density at radius 3 is 2.61 bits per heavy atom. The maximum atomic E-state index is 11.8. The summed E-state index contributed by atoms with van der Waals surface area (Å²) < 4.78 is 5.47. The standard InChI is InChI=1S/C13H11Br2NO2/c14-11(9-4-2-1-3-5-9)8-16-13(17)10-6-7-18-12(10)15/h1-7,11H,8H2,(H,16,17). The van der Waals surface area contributed by atoms with Crippen molar-refractivity contribution in [1.82, 2.24) is 5.32 Å². The molecule has 0 saturated heterocycles. The lowest BCUT2D eigenvalue weighted by molar-refractivity contribution is 0.0952. The van der Waals surface area contributed by atoms with E-state index < -0.39 is 0 Å². The zero-order valence-corrected chi connectivity index (χ0v) is 12.6. The molecular weight excluding hydrogens is 362 g/mol. The lowest BCUT2D eigenvalue weighted by Gasteiger charge is -2.11. The monoisotopic (exact) mass is 371 g/mol. The molecule has 1 aromatic carbocycles. The number of carbonyl (C=O) groups is 1. The molecule has 1 amide bonds. The van der Waals surface area contributed by atoms with Crippen LogP contribution in [0.15, 0.2) is 51.7 Å². The van der Waals surface area contributed by atoms with Crippen molar-refractivity contribution in [3.8, 4) is 0 Å².